The molecule has 1 amide bonds. The lowest BCUT2D eigenvalue weighted by Gasteiger charge is -2.14. The van der Waals surface area contributed by atoms with Gasteiger partial charge in [-0.25, -0.2) is 0 Å². The van der Waals surface area contributed by atoms with Crippen molar-refractivity contribution in [3.8, 4) is 11.5 Å². The summed E-state index contributed by atoms with van der Waals surface area (Å²) in [6.45, 7) is 1.75. The Labute approximate surface area is 142 Å². The zero-order valence-corrected chi connectivity index (χ0v) is 13.4. The van der Waals surface area contributed by atoms with Crippen molar-refractivity contribution in [1.29, 1.82) is 0 Å². The number of carbonyl (C=O) groups is 1. The predicted octanol–water partition coefficient (Wildman–Crippen LogP) is 3.47. The van der Waals surface area contributed by atoms with Crippen LogP contribution in [0.3, 0.4) is 0 Å². The number of ether oxygens (including phenoxy) is 2. The Morgan fingerprint density at radius 2 is 1.88 bits per heavy atom. The molecule has 2 aromatic carbocycles. The van der Waals surface area contributed by atoms with Crippen molar-refractivity contribution in [1.82, 2.24) is 5.32 Å². The summed E-state index contributed by atoms with van der Waals surface area (Å²) in [7, 11) is 0. The fourth-order valence-corrected chi connectivity index (χ4v) is 2.50. The fourth-order valence-electron chi connectivity index (χ4n) is 2.37. The number of carbonyl (C=O) groups excluding carboxylic acids is 1. The largest absolute Gasteiger partial charge is 0.454 e. The van der Waals surface area contributed by atoms with Gasteiger partial charge in [0, 0.05) is 11.1 Å². The van der Waals surface area contributed by atoms with E-state index in [1.165, 1.54) is 12.1 Å². The fraction of sp³-hybridized carbons (Fsp3) is 0.188. The molecule has 1 aliphatic rings. The van der Waals surface area contributed by atoms with E-state index in [4.69, 9.17) is 21.1 Å². The van der Waals surface area contributed by atoms with Crippen LogP contribution in [0.5, 0.6) is 11.5 Å². The number of amides is 1. The number of nitrogens with zero attached hydrogens (tertiary/aromatic N) is 1. The van der Waals surface area contributed by atoms with E-state index in [1.54, 1.807) is 31.2 Å². The van der Waals surface area contributed by atoms with Crippen LogP contribution in [-0.2, 0) is 0 Å². The van der Waals surface area contributed by atoms with Crippen LogP contribution in [0, 0.1) is 10.1 Å². The van der Waals surface area contributed by atoms with Gasteiger partial charge in [-0.2, -0.15) is 0 Å². The number of nitro groups is 1. The zero-order valence-electron chi connectivity index (χ0n) is 12.6. The topological polar surface area (TPSA) is 90.7 Å². The molecular formula is C16H13ClN2O5. The third-order valence-corrected chi connectivity index (χ3v) is 3.90. The smallest absolute Gasteiger partial charge is 0.286 e. The first-order chi connectivity index (χ1) is 11.5. The maximum absolute atomic E-state index is 12.5. The molecule has 1 N–H and O–H groups in total. The summed E-state index contributed by atoms with van der Waals surface area (Å²) in [5.74, 6) is -0.00338. The van der Waals surface area contributed by atoms with Gasteiger partial charge in [0.1, 0.15) is 5.56 Å². The average Bonchev–Trinajstić information content (AvgIpc) is 3.01. The second-order valence-corrected chi connectivity index (χ2v) is 5.66. The highest BCUT2D eigenvalue weighted by Gasteiger charge is 2.27. The Balaban J connectivity index is 1.86. The Kier molecular flexibility index (Phi) is 4.26. The summed E-state index contributed by atoms with van der Waals surface area (Å²) >= 11 is 5.84. The highest BCUT2D eigenvalue weighted by Crippen LogP contribution is 2.38. The molecule has 0 saturated carbocycles. The predicted molar refractivity (Wildman–Crippen MR) is 86.6 cm³/mol. The summed E-state index contributed by atoms with van der Waals surface area (Å²) in [4.78, 5) is 23.1. The van der Waals surface area contributed by atoms with E-state index >= 15 is 0 Å². The average molecular weight is 349 g/mol. The van der Waals surface area contributed by atoms with Gasteiger partial charge in [-0.15, -0.1) is 0 Å². The monoisotopic (exact) mass is 348 g/mol. The highest BCUT2D eigenvalue weighted by atomic mass is 35.5. The second-order valence-electron chi connectivity index (χ2n) is 5.23. The Bertz CT molecular complexity index is 807. The molecule has 2 aromatic rings. The van der Waals surface area contributed by atoms with Crippen LogP contribution in [0.15, 0.2) is 36.4 Å². The first kappa shape index (κ1) is 16.1. The summed E-state index contributed by atoms with van der Waals surface area (Å²) in [5.41, 5.74) is 0.418. The molecule has 0 bridgehead atoms. The molecule has 1 heterocycles. The number of rotatable bonds is 4. The van der Waals surface area contributed by atoms with E-state index in [1.807, 2.05) is 0 Å². The van der Waals surface area contributed by atoms with Gasteiger partial charge in [0.25, 0.3) is 11.6 Å². The highest BCUT2D eigenvalue weighted by molar-refractivity contribution is 6.30. The lowest BCUT2D eigenvalue weighted by molar-refractivity contribution is -0.385. The van der Waals surface area contributed by atoms with Crippen molar-refractivity contribution in [2.45, 2.75) is 13.0 Å². The molecule has 0 spiro atoms. The molecule has 1 unspecified atom stereocenters. The molecule has 0 saturated heterocycles. The van der Waals surface area contributed by atoms with Crippen LogP contribution in [0.1, 0.15) is 28.9 Å². The van der Waals surface area contributed by atoms with Crippen molar-refractivity contribution in [3.63, 3.8) is 0 Å². The minimum absolute atomic E-state index is 0.0290. The SMILES string of the molecule is CC(NC(=O)c1cc2c(cc1[N+](=O)[O-])OCO2)c1ccc(Cl)cc1. The van der Waals surface area contributed by atoms with Gasteiger partial charge in [0.15, 0.2) is 11.5 Å². The number of halogens is 1. The number of nitrogens with one attached hydrogen (secondary N) is 1. The van der Waals surface area contributed by atoms with E-state index in [2.05, 4.69) is 5.32 Å². The van der Waals surface area contributed by atoms with Crippen molar-refractivity contribution < 1.29 is 19.2 Å². The Morgan fingerprint density at radius 1 is 1.25 bits per heavy atom. The molecule has 1 aliphatic heterocycles. The Hall–Kier alpha value is -2.80. The number of hydrogen-bond donors (Lipinski definition) is 1. The first-order valence-corrected chi connectivity index (χ1v) is 7.48. The standard InChI is InChI=1S/C16H13ClN2O5/c1-9(10-2-4-11(17)5-3-10)18-16(20)12-6-14-15(24-8-23-14)7-13(12)19(21)22/h2-7,9H,8H2,1H3,(H,18,20). The number of nitro benzene ring substituents is 1. The third-order valence-electron chi connectivity index (χ3n) is 3.65. The molecule has 8 heteroatoms. The van der Waals surface area contributed by atoms with Crippen molar-refractivity contribution >= 4 is 23.2 Å². The minimum Gasteiger partial charge on any atom is -0.454 e. The molecule has 0 radical (unpaired) electrons. The van der Waals surface area contributed by atoms with E-state index in [0.717, 1.165) is 5.56 Å². The summed E-state index contributed by atoms with van der Waals surface area (Å²) in [6.07, 6.45) is 0. The van der Waals surface area contributed by atoms with Gasteiger partial charge in [-0.3, -0.25) is 14.9 Å². The molecule has 24 heavy (non-hydrogen) atoms. The Morgan fingerprint density at radius 3 is 2.50 bits per heavy atom. The third kappa shape index (κ3) is 3.11. The van der Waals surface area contributed by atoms with Crippen LogP contribution in [0.2, 0.25) is 5.02 Å². The molecule has 124 valence electrons. The van der Waals surface area contributed by atoms with E-state index in [-0.39, 0.29) is 29.8 Å². The lowest BCUT2D eigenvalue weighted by atomic mass is 10.1. The zero-order chi connectivity index (χ0) is 17.3. The molecule has 0 fully saturated rings. The molecular weight excluding hydrogens is 336 g/mol. The minimum atomic E-state index is -0.621. The van der Waals surface area contributed by atoms with Crippen LogP contribution in [0.25, 0.3) is 0 Å². The first-order valence-electron chi connectivity index (χ1n) is 7.10. The molecule has 3 rings (SSSR count). The van der Waals surface area contributed by atoms with Gasteiger partial charge < -0.3 is 14.8 Å². The summed E-state index contributed by atoms with van der Waals surface area (Å²) in [5, 5.41) is 14.6. The molecule has 7 nitrogen and oxygen atoms in total. The van der Waals surface area contributed by atoms with Gasteiger partial charge in [-0.05, 0) is 24.6 Å². The number of fused-ring (bicyclic) bond motifs is 1. The van der Waals surface area contributed by atoms with Crippen molar-refractivity contribution in [2.24, 2.45) is 0 Å². The van der Waals surface area contributed by atoms with Gasteiger partial charge in [0.05, 0.1) is 17.0 Å². The van der Waals surface area contributed by atoms with Gasteiger partial charge in [-0.1, -0.05) is 23.7 Å². The summed E-state index contributed by atoms with van der Waals surface area (Å²) < 4.78 is 10.3. The molecule has 0 aromatic heterocycles. The van der Waals surface area contributed by atoms with Crippen LogP contribution in [0.4, 0.5) is 5.69 Å². The van der Waals surface area contributed by atoms with Crippen molar-refractivity contribution in [3.05, 3.63) is 62.7 Å². The van der Waals surface area contributed by atoms with Crippen LogP contribution >= 0.6 is 11.6 Å². The molecule has 1 atom stereocenters. The maximum Gasteiger partial charge on any atom is 0.286 e. The molecule has 0 aliphatic carbocycles. The quantitative estimate of drug-likeness (QED) is 0.674. The van der Waals surface area contributed by atoms with E-state index in [9.17, 15) is 14.9 Å². The van der Waals surface area contributed by atoms with Crippen molar-refractivity contribution in [2.75, 3.05) is 6.79 Å². The maximum atomic E-state index is 12.5. The van der Waals surface area contributed by atoms with Gasteiger partial charge >= 0.3 is 0 Å². The summed E-state index contributed by atoms with van der Waals surface area (Å²) in [6, 6.07) is 9.15. The van der Waals surface area contributed by atoms with Crippen LogP contribution < -0.4 is 14.8 Å². The number of benzene rings is 2. The van der Waals surface area contributed by atoms with E-state index in [0.29, 0.717) is 10.8 Å². The normalized spacial score (nSPS) is 13.4. The van der Waals surface area contributed by atoms with Crippen LogP contribution in [-0.4, -0.2) is 17.6 Å². The van der Waals surface area contributed by atoms with E-state index < -0.39 is 10.8 Å². The lowest BCUT2D eigenvalue weighted by Crippen LogP contribution is -2.27. The number of hydrogen-bond acceptors (Lipinski definition) is 5. The second kappa shape index (κ2) is 6.37. The van der Waals surface area contributed by atoms with Gasteiger partial charge in [0.2, 0.25) is 6.79 Å².